The smallest absolute Gasteiger partial charge is 0.118 e. The van der Waals surface area contributed by atoms with E-state index in [0.29, 0.717) is 6.04 Å². The molecule has 1 aromatic rings. The monoisotopic (exact) mass is 276 g/mol. The maximum absolute atomic E-state index is 5.19. The van der Waals surface area contributed by atoms with Gasteiger partial charge < -0.3 is 15.0 Å². The van der Waals surface area contributed by atoms with Gasteiger partial charge in [0.1, 0.15) is 5.75 Å². The molecule has 2 rings (SSSR count). The van der Waals surface area contributed by atoms with E-state index in [9.17, 15) is 0 Å². The van der Waals surface area contributed by atoms with Gasteiger partial charge in [-0.3, -0.25) is 0 Å². The standard InChI is InChI=1S/C17H28N2O/c1-13-11-15(19(2)3)7-10-17(13)18-12-14-5-8-16(20-4)9-6-14/h5-6,8-9,13,15,17-18H,7,10-12H2,1-4H3. The van der Waals surface area contributed by atoms with Crippen LogP contribution in [-0.4, -0.2) is 38.2 Å². The molecule has 0 aromatic heterocycles. The fourth-order valence-electron chi connectivity index (χ4n) is 3.13. The van der Waals surface area contributed by atoms with Crippen molar-refractivity contribution >= 4 is 0 Å². The van der Waals surface area contributed by atoms with Gasteiger partial charge in [0.2, 0.25) is 0 Å². The average molecular weight is 276 g/mol. The van der Waals surface area contributed by atoms with E-state index < -0.39 is 0 Å². The number of nitrogens with one attached hydrogen (secondary N) is 1. The second-order valence-electron chi connectivity index (χ2n) is 6.24. The van der Waals surface area contributed by atoms with E-state index >= 15 is 0 Å². The third kappa shape index (κ3) is 3.97. The van der Waals surface area contributed by atoms with Gasteiger partial charge in [-0.2, -0.15) is 0 Å². The molecule has 3 nitrogen and oxygen atoms in total. The van der Waals surface area contributed by atoms with Crippen LogP contribution >= 0.6 is 0 Å². The molecule has 1 fully saturated rings. The van der Waals surface area contributed by atoms with E-state index in [4.69, 9.17) is 4.74 Å². The minimum absolute atomic E-state index is 0.647. The Morgan fingerprint density at radius 1 is 1.20 bits per heavy atom. The van der Waals surface area contributed by atoms with Crippen LogP contribution in [0.25, 0.3) is 0 Å². The number of ether oxygens (including phenoxy) is 1. The van der Waals surface area contributed by atoms with E-state index in [1.54, 1.807) is 7.11 Å². The topological polar surface area (TPSA) is 24.5 Å². The predicted molar refractivity (Wildman–Crippen MR) is 84.1 cm³/mol. The average Bonchev–Trinajstić information content (AvgIpc) is 2.46. The van der Waals surface area contributed by atoms with Crippen molar-refractivity contribution in [2.24, 2.45) is 5.92 Å². The summed E-state index contributed by atoms with van der Waals surface area (Å²) in [5, 5.41) is 3.73. The SMILES string of the molecule is COc1ccc(CNC2CCC(N(C)C)CC2C)cc1. The number of benzene rings is 1. The van der Waals surface area contributed by atoms with Gasteiger partial charge in [0.25, 0.3) is 0 Å². The summed E-state index contributed by atoms with van der Waals surface area (Å²) in [5.41, 5.74) is 1.33. The molecule has 0 amide bonds. The molecular weight excluding hydrogens is 248 g/mol. The van der Waals surface area contributed by atoms with Gasteiger partial charge in [0, 0.05) is 18.6 Å². The Hall–Kier alpha value is -1.06. The Bertz CT molecular complexity index is 402. The Balaban J connectivity index is 1.82. The van der Waals surface area contributed by atoms with Gasteiger partial charge in [-0.05, 0) is 57.0 Å². The molecule has 1 N–H and O–H groups in total. The molecule has 0 heterocycles. The van der Waals surface area contributed by atoms with Crippen LogP contribution in [0.4, 0.5) is 0 Å². The molecule has 0 bridgehead atoms. The first-order valence-electron chi connectivity index (χ1n) is 7.63. The van der Waals surface area contributed by atoms with Crippen LogP contribution in [0.1, 0.15) is 31.7 Å². The number of nitrogens with zero attached hydrogens (tertiary/aromatic N) is 1. The van der Waals surface area contributed by atoms with Crippen LogP contribution in [-0.2, 0) is 6.54 Å². The summed E-state index contributed by atoms with van der Waals surface area (Å²) in [5.74, 6) is 1.67. The molecule has 1 aromatic carbocycles. The van der Waals surface area contributed by atoms with Gasteiger partial charge in [-0.25, -0.2) is 0 Å². The lowest BCUT2D eigenvalue weighted by molar-refractivity contribution is 0.160. The molecule has 3 heteroatoms. The zero-order valence-corrected chi connectivity index (χ0v) is 13.2. The summed E-state index contributed by atoms with van der Waals surface area (Å²) in [6, 6.07) is 9.74. The fraction of sp³-hybridized carbons (Fsp3) is 0.647. The highest BCUT2D eigenvalue weighted by Crippen LogP contribution is 2.27. The minimum atomic E-state index is 0.647. The van der Waals surface area contributed by atoms with Gasteiger partial charge in [0.15, 0.2) is 0 Å². The molecular formula is C17H28N2O. The van der Waals surface area contributed by atoms with Crippen molar-refractivity contribution in [3.63, 3.8) is 0 Å². The number of hydrogen-bond acceptors (Lipinski definition) is 3. The summed E-state index contributed by atoms with van der Waals surface area (Å²) < 4.78 is 5.19. The van der Waals surface area contributed by atoms with E-state index in [0.717, 1.165) is 24.3 Å². The van der Waals surface area contributed by atoms with Crippen LogP contribution < -0.4 is 10.1 Å². The minimum Gasteiger partial charge on any atom is -0.497 e. The zero-order valence-electron chi connectivity index (χ0n) is 13.2. The second kappa shape index (κ2) is 7.09. The van der Waals surface area contributed by atoms with Crippen LogP contribution in [0, 0.1) is 5.92 Å². The van der Waals surface area contributed by atoms with Gasteiger partial charge >= 0.3 is 0 Å². The Kier molecular flexibility index (Phi) is 5.44. The highest BCUT2D eigenvalue weighted by Gasteiger charge is 2.27. The Morgan fingerprint density at radius 3 is 2.45 bits per heavy atom. The lowest BCUT2D eigenvalue weighted by atomic mass is 9.82. The maximum atomic E-state index is 5.19. The Morgan fingerprint density at radius 2 is 1.90 bits per heavy atom. The molecule has 0 saturated heterocycles. The van der Waals surface area contributed by atoms with Crippen molar-refractivity contribution in [3.8, 4) is 5.75 Å². The summed E-state index contributed by atoms with van der Waals surface area (Å²) >= 11 is 0. The molecule has 3 atom stereocenters. The molecule has 1 saturated carbocycles. The predicted octanol–water partition coefficient (Wildman–Crippen LogP) is 2.90. The fourth-order valence-corrected chi connectivity index (χ4v) is 3.13. The van der Waals surface area contributed by atoms with E-state index in [2.05, 4.69) is 43.4 Å². The molecule has 1 aliphatic rings. The summed E-state index contributed by atoms with van der Waals surface area (Å²) in [6.07, 6.45) is 3.88. The summed E-state index contributed by atoms with van der Waals surface area (Å²) in [4.78, 5) is 2.37. The van der Waals surface area contributed by atoms with Crippen molar-refractivity contribution in [1.82, 2.24) is 10.2 Å². The van der Waals surface area contributed by atoms with Crippen molar-refractivity contribution in [2.75, 3.05) is 21.2 Å². The normalized spacial score (nSPS) is 26.8. The number of rotatable bonds is 5. The van der Waals surface area contributed by atoms with Gasteiger partial charge in [0.05, 0.1) is 7.11 Å². The first-order valence-corrected chi connectivity index (χ1v) is 7.63. The van der Waals surface area contributed by atoms with Gasteiger partial charge in [-0.15, -0.1) is 0 Å². The third-order valence-corrected chi connectivity index (χ3v) is 4.60. The van der Waals surface area contributed by atoms with Gasteiger partial charge in [-0.1, -0.05) is 19.1 Å². The molecule has 112 valence electrons. The first-order chi connectivity index (χ1) is 9.60. The van der Waals surface area contributed by atoms with Crippen LogP contribution in [0.5, 0.6) is 5.75 Å². The van der Waals surface area contributed by atoms with E-state index in [1.807, 2.05) is 12.1 Å². The molecule has 1 aliphatic carbocycles. The Labute approximate surface area is 123 Å². The molecule has 0 aliphatic heterocycles. The zero-order chi connectivity index (χ0) is 14.5. The molecule has 0 radical (unpaired) electrons. The highest BCUT2D eigenvalue weighted by atomic mass is 16.5. The van der Waals surface area contributed by atoms with Crippen molar-refractivity contribution < 1.29 is 4.74 Å². The number of methoxy groups -OCH3 is 1. The maximum Gasteiger partial charge on any atom is 0.118 e. The third-order valence-electron chi connectivity index (χ3n) is 4.60. The van der Waals surface area contributed by atoms with Crippen molar-refractivity contribution in [2.45, 2.75) is 44.8 Å². The lowest BCUT2D eigenvalue weighted by Crippen LogP contribution is -2.44. The van der Waals surface area contributed by atoms with E-state index in [1.165, 1.54) is 24.8 Å². The van der Waals surface area contributed by atoms with Crippen LogP contribution in [0.3, 0.4) is 0 Å². The van der Waals surface area contributed by atoms with Crippen molar-refractivity contribution in [3.05, 3.63) is 29.8 Å². The summed E-state index contributed by atoms with van der Waals surface area (Å²) in [7, 11) is 6.10. The molecule has 0 spiro atoms. The largest absolute Gasteiger partial charge is 0.497 e. The lowest BCUT2D eigenvalue weighted by Gasteiger charge is -2.37. The van der Waals surface area contributed by atoms with Crippen molar-refractivity contribution in [1.29, 1.82) is 0 Å². The highest BCUT2D eigenvalue weighted by molar-refractivity contribution is 5.27. The second-order valence-corrected chi connectivity index (χ2v) is 6.24. The quantitative estimate of drug-likeness (QED) is 0.895. The first kappa shape index (κ1) is 15.3. The molecule has 20 heavy (non-hydrogen) atoms. The molecule has 3 unspecified atom stereocenters. The van der Waals surface area contributed by atoms with Crippen LogP contribution in [0.2, 0.25) is 0 Å². The summed E-state index contributed by atoms with van der Waals surface area (Å²) in [6.45, 7) is 3.33. The number of hydrogen-bond donors (Lipinski definition) is 1. The van der Waals surface area contributed by atoms with E-state index in [-0.39, 0.29) is 0 Å². The van der Waals surface area contributed by atoms with Crippen LogP contribution in [0.15, 0.2) is 24.3 Å².